The van der Waals surface area contributed by atoms with Gasteiger partial charge in [-0.2, -0.15) is 0 Å². The SMILES string of the molecule is CC1(C)CCC2(C(=O)O[C@@H]3O[C@H](CO)[C@@H](O)[C@H](O)[C@H]3O)CCC3(C)C(=CC[C@H]4C3(C)CC[C@H]3[C@](C)(CO)[C@@H](O[C@@H]5O[C@H](CO)[C@@H](O)[C@H](O[C@@H]6O[C@H](CO)[C@@H](O)[C@H](O)[C@H]6O)[C@H]5O[C@@H]5O[C@H](CO)[C@@H](O)[C@H](O)[C@H]5O)CC[C@@]34C)[C@@H]2C1. The summed E-state index contributed by atoms with van der Waals surface area (Å²) in [6.07, 6.45) is -26.8. The molecular formula is C54H88O24. The van der Waals surface area contributed by atoms with Gasteiger partial charge in [-0.3, -0.25) is 4.79 Å². The van der Waals surface area contributed by atoms with Crippen LogP contribution in [0.15, 0.2) is 11.6 Å². The molecule has 9 aliphatic rings. The van der Waals surface area contributed by atoms with Crippen molar-refractivity contribution in [1.29, 1.82) is 0 Å². The van der Waals surface area contributed by atoms with Gasteiger partial charge < -0.3 is 114 Å². The minimum Gasteiger partial charge on any atom is -0.432 e. The molecule has 15 N–H and O–H groups in total. The van der Waals surface area contributed by atoms with E-state index in [1.807, 2.05) is 6.92 Å². The fourth-order valence-corrected chi connectivity index (χ4v) is 16.5. The van der Waals surface area contributed by atoms with Crippen LogP contribution >= 0.6 is 0 Å². The van der Waals surface area contributed by atoms with E-state index in [1.165, 1.54) is 5.57 Å². The highest BCUT2D eigenvalue weighted by Gasteiger charge is 2.71. The molecule has 0 aromatic carbocycles. The number of allylic oxidation sites excluding steroid dienone is 2. The molecule has 4 heterocycles. The first-order valence-corrected chi connectivity index (χ1v) is 28.0. The Hall–Kier alpha value is -1.67. The zero-order valence-electron chi connectivity index (χ0n) is 45.4. The molecule has 3 unspecified atom stereocenters. The molecule has 5 aliphatic carbocycles. The predicted octanol–water partition coefficient (Wildman–Crippen LogP) is -3.06. The third-order valence-electron chi connectivity index (χ3n) is 21.6. The van der Waals surface area contributed by atoms with Crippen molar-refractivity contribution < 1.29 is 119 Å². The summed E-state index contributed by atoms with van der Waals surface area (Å²) in [5.74, 6) is -0.919. The molecule has 8 fully saturated rings. The Labute approximate surface area is 453 Å². The van der Waals surface area contributed by atoms with Crippen LogP contribution in [0, 0.1) is 50.2 Å². The predicted molar refractivity (Wildman–Crippen MR) is 264 cm³/mol. The summed E-state index contributed by atoms with van der Waals surface area (Å²) in [5, 5.41) is 161. The number of aliphatic hydroxyl groups excluding tert-OH is 15. The Morgan fingerprint density at radius 2 is 1.01 bits per heavy atom. The number of fused-ring (bicyclic) bond motifs is 7. The molecule has 0 aromatic rings. The molecule has 0 spiro atoms. The van der Waals surface area contributed by atoms with E-state index >= 15 is 0 Å². The van der Waals surface area contributed by atoms with Gasteiger partial charge in [0.1, 0.15) is 97.7 Å². The number of carbonyl (C=O) groups excluding carboxylic acids is 1. The molecule has 0 amide bonds. The molecule has 0 aromatic heterocycles. The van der Waals surface area contributed by atoms with Crippen LogP contribution in [0.25, 0.3) is 0 Å². The normalized spacial score (nSPS) is 54.1. The molecule has 0 radical (unpaired) electrons. The first-order chi connectivity index (χ1) is 36.6. The maximum atomic E-state index is 14.8. The van der Waals surface area contributed by atoms with Crippen LogP contribution in [0.1, 0.15) is 106 Å². The molecule has 0 bridgehead atoms. The van der Waals surface area contributed by atoms with Gasteiger partial charge in [-0.15, -0.1) is 0 Å². The van der Waals surface area contributed by atoms with Crippen LogP contribution in [0.2, 0.25) is 0 Å². The van der Waals surface area contributed by atoms with E-state index in [0.29, 0.717) is 51.4 Å². The number of esters is 1. The second-order valence-corrected chi connectivity index (χ2v) is 26.1. The molecule has 24 heteroatoms. The lowest BCUT2D eigenvalue weighted by Gasteiger charge is -2.71. The zero-order valence-corrected chi connectivity index (χ0v) is 45.4. The van der Waals surface area contributed by atoms with Crippen LogP contribution in [-0.4, -0.2) is 245 Å². The van der Waals surface area contributed by atoms with Gasteiger partial charge in [0.05, 0.1) is 44.6 Å². The van der Waals surface area contributed by atoms with Gasteiger partial charge in [-0.05, 0) is 104 Å². The fourth-order valence-electron chi connectivity index (χ4n) is 16.5. The molecule has 4 saturated heterocycles. The van der Waals surface area contributed by atoms with Gasteiger partial charge in [0.25, 0.3) is 0 Å². The van der Waals surface area contributed by atoms with Gasteiger partial charge in [-0.1, -0.05) is 53.2 Å². The number of rotatable bonds is 13. The Balaban J connectivity index is 1.01. The molecule has 4 saturated carbocycles. The molecule has 4 aliphatic heterocycles. The van der Waals surface area contributed by atoms with Crippen molar-refractivity contribution in [2.24, 2.45) is 50.2 Å². The van der Waals surface area contributed by atoms with E-state index in [-0.39, 0.29) is 35.2 Å². The Kier molecular flexibility index (Phi) is 17.5. The first kappa shape index (κ1) is 60.9. The lowest BCUT2D eigenvalue weighted by Crippen LogP contribution is -2.69. The van der Waals surface area contributed by atoms with Gasteiger partial charge in [-0.25, -0.2) is 0 Å². The summed E-state index contributed by atoms with van der Waals surface area (Å²) in [4.78, 5) is 14.8. The largest absolute Gasteiger partial charge is 0.432 e. The van der Waals surface area contributed by atoms with Crippen LogP contribution in [0.3, 0.4) is 0 Å². The highest BCUT2D eigenvalue weighted by Crippen LogP contribution is 2.76. The number of carbonyl (C=O) groups is 1. The molecule has 78 heavy (non-hydrogen) atoms. The van der Waals surface area contributed by atoms with E-state index in [9.17, 15) is 81.4 Å². The van der Waals surface area contributed by atoms with Crippen LogP contribution in [0.5, 0.6) is 0 Å². The number of hydrogen-bond acceptors (Lipinski definition) is 24. The molecule has 24 nitrogen and oxygen atoms in total. The maximum Gasteiger partial charge on any atom is 0.315 e. The maximum absolute atomic E-state index is 14.8. The first-order valence-electron chi connectivity index (χ1n) is 28.0. The van der Waals surface area contributed by atoms with Crippen molar-refractivity contribution in [3.8, 4) is 0 Å². The summed E-state index contributed by atoms with van der Waals surface area (Å²) in [6, 6.07) is 0. The minimum absolute atomic E-state index is 0.0629. The smallest absolute Gasteiger partial charge is 0.315 e. The summed E-state index contributed by atoms with van der Waals surface area (Å²) in [7, 11) is 0. The van der Waals surface area contributed by atoms with Crippen molar-refractivity contribution in [3.63, 3.8) is 0 Å². The van der Waals surface area contributed by atoms with Gasteiger partial charge in [0.2, 0.25) is 6.29 Å². The molecule has 448 valence electrons. The van der Waals surface area contributed by atoms with Gasteiger partial charge in [0, 0.05) is 5.41 Å². The summed E-state index contributed by atoms with van der Waals surface area (Å²) in [5.41, 5.74) is -2.09. The topological polar surface area (TPSA) is 394 Å². The van der Waals surface area contributed by atoms with Crippen LogP contribution < -0.4 is 0 Å². The van der Waals surface area contributed by atoms with E-state index < -0.39 is 183 Å². The Morgan fingerprint density at radius 3 is 1.55 bits per heavy atom. The molecular weight excluding hydrogens is 1030 g/mol. The zero-order chi connectivity index (χ0) is 57.0. The second-order valence-electron chi connectivity index (χ2n) is 26.1. The fraction of sp³-hybridized carbons (Fsp3) is 0.944. The minimum atomic E-state index is -1.97. The van der Waals surface area contributed by atoms with Crippen LogP contribution in [-0.2, 0) is 42.7 Å². The number of ether oxygens (including phenoxy) is 8. The van der Waals surface area contributed by atoms with Gasteiger partial charge >= 0.3 is 5.97 Å². The van der Waals surface area contributed by atoms with Crippen molar-refractivity contribution in [2.45, 2.75) is 235 Å². The third kappa shape index (κ3) is 9.76. The third-order valence-corrected chi connectivity index (χ3v) is 21.6. The standard InChI is InChI=1S/C54H88O24/c1-49(2)13-15-54(48(70)78-46-41(69)38(66)34(62)27(20-57)73-46)16-14-52(5)23(24(54)17-49)7-8-30-50(3)11-10-31(51(4,22-59)29(50)9-12-53(30,52)6)75-47-43(77-45-40(68)37(65)33(61)26(19-56)72-45)42(35(63)28(21-58)74-47)76-44-39(67)36(64)32(60)25(18-55)71-44/h7,24-47,55-69H,8-22H2,1-6H3/t24-,25+,26+,27+,28+,29+,30+,31-,32+,33+,34+,35+,36-,37-,38-,39+,40+,41+,42-,43+,44-,45-,46-,47-,50-,51-,52?,53?,54?/m0/s1. The quantitative estimate of drug-likeness (QED) is 0.0494. The Morgan fingerprint density at radius 1 is 0.526 bits per heavy atom. The monoisotopic (exact) mass is 1120 g/mol. The van der Waals surface area contributed by atoms with Crippen molar-refractivity contribution in [1.82, 2.24) is 0 Å². The summed E-state index contributed by atoms with van der Waals surface area (Å²) >= 11 is 0. The second kappa shape index (κ2) is 22.4. The van der Waals surface area contributed by atoms with Crippen molar-refractivity contribution >= 4 is 5.97 Å². The van der Waals surface area contributed by atoms with E-state index in [0.717, 1.165) is 12.8 Å². The highest BCUT2D eigenvalue weighted by molar-refractivity contribution is 5.79. The lowest BCUT2D eigenvalue weighted by atomic mass is 9.33. The van der Waals surface area contributed by atoms with E-state index in [2.05, 4.69) is 40.7 Å². The van der Waals surface area contributed by atoms with Crippen molar-refractivity contribution in [2.75, 3.05) is 33.0 Å². The Bertz CT molecular complexity index is 2130. The summed E-state index contributed by atoms with van der Waals surface area (Å²) < 4.78 is 48.7. The number of hydrogen-bond donors (Lipinski definition) is 15. The lowest BCUT2D eigenvalue weighted by molar-refractivity contribution is -0.400. The summed E-state index contributed by atoms with van der Waals surface area (Å²) in [6.45, 7) is 9.78. The van der Waals surface area contributed by atoms with Crippen molar-refractivity contribution in [3.05, 3.63) is 11.6 Å². The molecule has 29 atom stereocenters. The average molecular weight is 1120 g/mol. The number of aliphatic hydroxyl groups is 15. The molecule has 9 rings (SSSR count). The van der Waals surface area contributed by atoms with E-state index in [1.54, 1.807) is 0 Å². The van der Waals surface area contributed by atoms with Gasteiger partial charge in [0.15, 0.2) is 18.9 Å². The average Bonchev–Trinajstić information content (AvgIpc) is 2.65. The van der Waals surface area contributed by atoms with Crippen LogP contribution in [0.4, 0.5) is 0 Å². The highest BCUT2D eigenvalue weighted by atomic mass is 16.8. The van der Waals surface area contributed by atoms with E-state index in [4.69, 9.17) is 37.9 Å².